The number of rotatable bonds is 0. The first kappa shape index (κ1) is 17.5. The number of amides is 2. The van der Waals surface area contributed by atoms with Gasteiger partial charge in [0.2, 0.25) is 0 Å². The van der Waals surface area contributed by atoms with Crippen molar-refractivity contribution in [3.05, 3.63) is 47.5 Å². The number of fused-ring (bicyclic) bond motifs is 13. The largest absolute Gasteiger partial charge is 0.508 e. The Bertz CT molecular complexity index is 1790. The predicted molar refractivity (Wildman–Crippen MR) is 123 cm³/mol. The van der Waals surface area contributed by atoms with E-state index in [1.807, 2.05) is 12.1 Å². The third kappa shape index (κ3) is 1.81. The number of nitrogens with zero attached hydrogens (tertiary/aromatic N) is 2. The molecule has 162 valence electrons. The molecule has 2 aliphatic heterocycles. The van der Waals surface area contributed by atoms with Crippen molar-refractivity contribution in [1.82, 2.24) is 14.5 Å². The maximum atomic E-state index is 13.1. The van der Waals surface area contributed by atoms with Gasteiger partial charge in [-0.3, -0.25) is 14.9 Å². The maximum absolute atomic E-state index is 13.1. The minimum absolute atomic E-state index is 0.0213. The molecule has 1 fully saturated rings. The van der Waals surface area contributed by atoms with Crippen molar-refractivity contribution in [2.24, 2.45) is 5.73 Å². The third-order valence-corrected chi connectivity index (χ3v) is 7.88. The van der Waals surface area contributed by atoms with Gasteiger partial charge in [-0.1, -0.05) is 0 Å². The van der Waals surface area contributed by atoms with Crippen LogP contribution in [0.5, 0.6) is 11.5 Å². The summed E-state index contributed by atoms with van der Waals surface area (Å²) in [5.74, 6) is -0.689. The Morgan fingerprint density at radius 2 is 1.36 bits per heavy atom. The number of phenolic OH excluding ortho intramolecular Hbond substituents is 2. The summed E-state index contributed by atoms with van der Waals surface area (Å²) in [5.41, 5.74) is 10.9. The number of nitrogens with one attached hydrogen (secondary N) is 1. The van der Waals surface area contributed by atoms with Gasteiger partial charge in [0, 0.05) is 44.7 Å². The van der Waals surface area contributed by atoms with Crippen LogP contribution in [0.15, 0.2) is 36.4 Å². The average Bonchev–Trinajstić information content (AvgIpc) is 3.45. The van der Waals surface area contributed by atoms with Gasteiger partial charge in [0.1, 0.15) is 11.5 Å². The number of hydrogen-bond acceptors (Lipinski definition) is 5. The molecule has 8 rings (SSSR count). The Kier molecular flexibility index (Phi) is 2.81. The fourth-order valence-electron chi connectivity index (χ4n) is 6.76. The van der Waals surface area contributed by atoms with E-state index < -0.39 is 11.8 Å². The SMILES string of the molecule is N[C@H]1CC2CC1n1c3ccc(O)cc3c3c4c(c5c6cc(O)ccc6n2c5c31)C(=O)NC4=O. The first-order valence-corrected chi connectivity index (χ1v) is 11.0. The highest BCUT2D eigenvalue weighted by Gasteiger charge is 2.44. The summed E-state index contributed by atoms with van der Waals surface area (Å²) < 4.78 is 4.47. The molecule has 2 unspecified atom stereocenters. The van der Waals surface area contributed by atoms with Crippen LogP contribution in [0, 0.1) is 0 Å². The lowest BCUT2D eigenvalue weighted by atomic mass is 9.96. The molecule has 3 atom stereocenters. The predicted octanol–water partition coefficient (Wildman–Crippen LogP) is 3.41. The molecular weight excluding hydrogens is 420 g/mol. The molecule has 33 heavy (non-hydrogen) atoms. The van der Waals surface area contributed by atoms with Gasteiger partial charge < -0.3 is 25.1 Å². The molecule has 8 heteroatoms. The standard InChI is InChI=1S/C25H18N4O4/c26-14-5-9-6-17(14)29-16-4-2-11(31)8-13(16)19-21-20(24(32)27-25(21)33)18-12-7-10(30)1-3-15(12)28(9)22(18)23(19)29/h1-4,7-9,14,17,30-31H,5-6,26H2,(H,27,32,33)/t9?,14-,17?/m0/s1. The zero-order valence-corrected chi connectivity index (χ0v) is 17.3. The van der Waals surface area contributed by atoms with Gasteiger partial charge in [-0.25, -0.2) is 0 Å². The van der Waals surface area contributed by atoms with Crippen molar-refractivity contribution in [2.75, 3.05) is 0 Å². The molecule has 3 aliphatic rings. The summed E-state index contributed by atoms with van der Waals surface area (Å²) in [4.78, 5) is 26.2. The van der Waals surface area contributed by atoms with Crippen molar-refractivity contribution in [2.45, 2.75) is 31.0 Å². The van der Waals surface area contributed by atoms with E-state index in [-0.39, 0.29) is 29.6 Å². The Morgan fingerprint density at radius 3 is 1.97 bits per heavy atom. The summed E-state index contributed by atoms with van der Waals surface area (Å²) in [5, 5.41) is 25.9. The first-order chi connectivity index (χ1) is 15.9. The van der Waals surface area contributed by atoms with E-state index in [1.54, 1.807) is 24.3 Å². The van der Waals surface area contributed by atoms with Crippen LogP contribution < -0.4 is 11.1 Å². The molecule has 2 amide bonds. The Morgan fingerprint density at radius 1 is 0.818 bits per heavy atom. The molecule has 5 N–H and O–H groups in total. The number of carbonyl (C=O) groups is 2. The van der Waals surface area contributed by atoms with Gasteiger partial charge in [-0.15, -0.1) is 0 Å². The monoisotopic (exact) mass is 438 g/mol. The van der Waals surface area contributed by atoms with Crippen LogP contribution in [-0.2, 0) is 0 Å². The van der Waals surface area contributed by atoms with E-state index in [4.69, 9.17) is 5.73 Å². The molecule has 0 radical (unpaired) electrons. The quantitative estimate of drug-likeness (QED) is 0.276. The van der Waals surface area contributed by atoms with E-state index in [2.05, 4.69) is 14.5 Å². The number of hydrogen-bond donors (Lipinski definition) is 4. The van der Waals surface area contributed by atoms with Crippen LogP contribution in [0.2, 0.25) is 0 Å². The first-order valence-electron chi connectivity index (χ1n) is 11.0. The number of aromatic hydroxyl groups is 2. The second-order valence-electron chi connectivity index (χ2n) is 9.48. The lowest BCUT2D eigenvalue weighted by molar-refractivity contribution is 0.0880. The third-order valence-electron chi connectivity index (χ3n) is 7.88. The van der Waals surface area contributed by atoms with Gasteiger partial charge in [-0.2, -0.15) is 0 Å². The van der Waals surface area contributed by atoms with Crippen LogP contribution in [0.4, 0.5) is 0 Å². The number of benzene rings is 3. The molecule has 3 aromatic carbocycles. The fraction of sp³-hybridized carbons (Fsp3) is 0.200. The summed E-state index contributed by atoms with van der Waals surface area (Å²) in [6.45, 7) is 0. The number of aromatic nitrogens is 2. The zero-order chi connectivity index (χ0) is 22.3. The number of phenols is 2. The minimum atomic E-state index is -0.445. The molecule has 4 heterocycles. The molecule has 1 saturated carbocycles. The van der Waals surface area contributed by atoms with Crippen molar-refractivity contribution in [3.8, 4) is 11.5 Å². The zero-order valence-electron chi connectivity index (χ0n) is 17.3. The molecule has 2 bridgehead atoms. The van der Waals surface area contributed by atoms with Crippen LogP contribution in [-0.4, -0.2) is 37.2 Å². The lowest BCUT2D eigenvalue weighted by Gasteiger charge is -2.21. The Balaban J connectivity index is 1.79. The smallest absolute Gasteiger partial charge is 0.259 e. The van der Waals surface area contributed by atoms with Crippen molar-refractivity contribution >= 4 is 55.4 Å². The normalized spacial score (nSPS) is 23.4. The summed E-state index contributed by atoms with van der Waals surface area (Å²) >= 11 is 0. The lowest BCUT2D eigenvalue weighted by Crippen LogP contribution is -2.27. The summed E-state index contributed by atoms with van der Waals surface area (Å²) in [7, 11) is 0. The molecule has 2 aromatic heterocycles. The van der Waals surface area contributed by atoms with Crippen LogP contribution in [0.1, 0.15) is 45.6 Å². The highest BCUT2D eigenvalue weighted by Crippen LogP contribution is 2.53. The molecule has 0 spiro atoms. The molecule has 5 aromatic rings. The number of nitrogens with two attached hydrogens (primary N) is 1. The molecule has 0 saturated heterocycles. The van der Waals surface area contributed by atoms with Crippen molar-refractivity contribution < 1.29 is 19.8 Å². The van der Waals surface area contributed by atoms with Crippen molar-refractivity contribution in [3.63, 3.8) is 0 Å². The fourth-order valence-corrected chi connectivity index (χ4v) is 6.76. The van der Waals surface area contributed by atoms with Crippen LogP contribution in [0.25, 0.3) is 43.6 Å². The number of imide groups is 1. The Hall–Kier alpha value is -4.04. The van der Waals surface area contributed by atoms with E-state index >= 15 is 0 Å². The van der Waals surface area contributed by atoms with Gasteiger partial charge in [0.25, 0.3) is 11.8 Å². The van der Waals surface area contributed by atoms with Gasteiger partial charge in [0.15, 0.2) is 0 Å². The van der Waals surface area contributed by atoms with Crippen LogP contribution in [0.3, 0.4) is 0 Å². The summed E-state index contributed by atoms with van der Waals surface area (Å²) in [6, 6.07) is 10.4. The van der Waals surface area contributed by atoms with Gasteiger partial charge >= 0.3 is 0 Å². The van der Waals surface area contributed by atoms with E-state index in [1.165, 1.54) is 0 Å². The second kappa shape index (κ2) is 5.29. The highest BCUT2D eigenvalue weighted by molar-refractivity contribution is 6.39. The van der Waals surface area contributed by atoms with Crippen molar-refractivity contribution in [1.29, 1.82) is 0 Å². The Labute approximate surface area is 185 Å². The summed E-state index contributed by atoms with van der Waals surface area (Å²) in [6.07, 6.45) is 1.60. The van der Waals surface area contributed by atoms with E-state index in [0.717, 1.165) is 45.7 Å². The van der Waals surface area contributed by atoms with Gasteiger partial charge in [0.05, 0.1) is 28.2 Å². The topological polar surface area (TPSA) is 123 Å². The molecule has 1 aliphatic carbocycles. The molecular formula is C25H18N4O4. The highest BCUT2D eigenvalue weighted by atomic mass is 16.3. The minimum Gasteiger partial charge on any atom is -0.508 e. The number of carbonyl (C=O) groups excluding carboxylic acids is 2. The van der Waals surface area contributed by atoms with E-state index in [9.17, 15) is 19.8 Å². The maximum Gasteiger partial charge on any atom is 0.259 e. The molecule has 8 nitrogen and oxygen atoms in total. The second-order valence-corrected chi connectivity index (χ2v) is 9.48. The van der Waals surface area contributed by atoms with E-state index in [0.29, 0.717) is 21.9 Å². The average molecular weight is 438 g/mol. The van der Waals surface area contributed by atoms with Gasteiger partial charge in [-0.05, 0) is 49.2 Å². The van der Waals surface area contributed by atoms with Crippen LogP contribution >= 0.6 is 0 Å².